The van der Waals surface area contributed by atoms with E-state index in [-0.39, 0.29) is 0 Å². The number of furan rings is 1. The van der Waals surface area contributed by atoms with Crippen molar-refractivity contribution in [2.75, 3.05) is 0 Å². The molecule has 0 amide bonds. The normalized spacial score (nSPS) is 14.3. The first kappa shape index (κ1) is 31.4. The SMILES string of the molecule is C1=CCC2C(=C1)c1ccccc1-c1ccc(-c3ccc4oc5cccc(-c6nc(-c7ccccc7)cc(-c7cccc(-c8ccccc8)c7)n6)c5c4c3)cc12. The molecule has 11 rings (SSSR count). The number of fused-ring (bicyclic) bond motifs is 9. The molecule has 0 aliphatic heterocycles. The van der Waals surface area contributed by atoms with E-state index in [1.54, 1.807) is 0 Å². The van der Waals surface area contributed by atoms with Gasteiger partial charge in [-0.3, -0.25) is 0 Å². The largest absolute Gasteiger partial charge is 0.456 e. The summed E-state index contributed by atoms with van der Waals surface area (Å²) in [7, 11) is 0. The number of rotatable bonds is 5. The van der Waals surface area contributed by atoms with E-state index in [0.717, 1.165) is 67.6 Å². The molecule has 2 aliphatic carbocycles. The summed E-state index contributed by atoms with van der Waals surface area (Å²) in [6.07, 6.45) is 7.81. The Kier molecular flexibility index (Phi) is 7.31. The van der Waals surface area contributed by atoms with Gasteiger partial charge in [-0.05, 0) is 92.9 Å². The molecule has 3 nitrogen and oxygen atoms in total. The van der Waals surface area contributed by atoms with E-state index in [9.17, 15) is 0 Å². The molecule has 2 heterocycles. The predicted octanol–water partition coefficient (Wildman–Crippen LogP) is 13.8. The van der Waals surface area contributed by atoms with Crippen LogP contribution in [0.25, 0.3) is 94.8 Å². The minimum Gasteiger partial charge on any atom is -0.456 e. The zero-order valence-corrected chi connectivity index (χ0v) is 30.0. The maximum absolute atomic E-state index is 6.53. The van der Waals surface area contributed by atoms with E-state index in [4.69, 9.17) is 14.4 Å². The molecule has 2 aliphatic rings. The molecule has 0 saturated heterocycles. The minimum atomic E-state index is 0.344. The molecular formula is C52H34N2O. The number of hydrogen-bond donors (Lipinski definition) is 0. The van der Waals surface area contributed by atoms with Crippen LogP contribution in [-0.2, 0) is 0 Å². The molecule has 0 bridgehead atoms. The lowest BCUT2D eigenvalue weighted by atomic mass is 9.72. The van der Waals surface area contributed by atoms with Gasteiger partial charge in [0, 0.05) is 33.4 Å². The van der Waals surface area contributed by atoms with E-state index in [1.807, 2.05) is 24.3 Å². The number of benzene rings is 7. The van der Waals surface area contributed by atoms with E-state index in [1.165, 1.54) is 39.0 Å². The Morgan fingerprint density at radius 3 is 1.96 bits per heavy atom. The van der Waals surface area contributed by atoms with Crippen molar-refractivity contribution >= 4 is 27.5 Å². The number of nitrogens with zero attached hydrogens (tertiary/aromatic N) is 2. The maximum atomic E-state index is 6.53. The van der Waals surface area contributed by atoms with Gasteiger partial charge in [-0.2, -0.15) is 0 Å². The first-order valence-corrected chi connectivity index (χ1v) is 18.9. The average Bonchev–Trinajstić information content (AvgIpc) is 3.65. The van der Waals surface area contributed by atoms with E-state index >= 15 is 0 Å². The second kappa shape index (κ2) is 12.8. The van der Waals surface area contributed by atoms with Gasteiger partial charge in [0.1, 0.15) is 11.2 Å². The van der Waals surface area contributed by atoms with Crippen LogP contribution < -0.4 is 0 Å². The van der Waals surface area contributed by atoms with E-state index in [2.05, 4.69) is 164 Å². The standard InChI is InChI=1S/C52H34N2O/c1-3-13-33(14-4-1)35-17-11-18-38(29-35)48-32-47(34-15-5-2-6-16-34)53-52(54-48)44-23-12-24-50-51(44)46-31-37(26-28-49(46)55-50)36-25-27-43-41-21-8-7-19-39(41)40-20-9-10-22-42(40)45(43)30-36/h1-21,23-32,42H,22H2. The molecule has 3 heteroatoms. The topological polar surface area (TPSA) is 38.9 Å². The molecule has 0 saturated carbocycles. The van der Waals surface area contributed by atoms with E-state index in [0.29, 0.717) is 11.7 Å². The van der Waals surface area contributed by atoms with Crippen molar-refractivity contribution in [3.63, 3.8) is 0 Å². The van der Waals surface area contributed by atoms with Crippen molar-refractivity contribution in [3.8, 4) is 67.3 Å². The molecule has 2 aromatic heterocycles. The molecule has 1 atom stereocenters. The molecular weight excluding hydrogens is 669 g/mol. The van der Waals surface area contributed by atoms with Crippen molar-refractivity contribution in [2.45, 2.75) is 12.3 Å². The van der Waals surface area contributed by atoms with Crippen LogP contribution in [0.2, 0.25) is 0 Å². The van der Waals surface area contributed by atoms with Crippen LogP contribution in [0, 0.1) is 0 Å². The lowest BCUT2D eigenvalue weighted by molar-refractivity contribution is 0.669. The van der Waals surface area contributed by atoms with Crippen molar-refractivity contribution in [1.29, 1.82) is 0 Å². The zero-order valence-electron chi connectivity index (χ0n) is 30.0. The van der Waals surface area contributed by atoms with Gasteiger partial charge < -0.3 is 4.42 Å². The van der Waals surface area contributed by atoms with Crippen LogP contribution >= 0.6 is 0 Å². The zero-order chi connectivity index (χ0) is 36.3. The highest BCUT2D eigenvalue weighted by atomic mass is 16.3. The smallest absolute Gasteiger partial charge is 0.161 e. The van der Waals surface area contributed by atoms with Crippen molar-refractivity contribution in [3.05, 3.63) is 199 Å². The highest BCUT2D eigenvalue weighted by Gasteiger charge is 2.29. The minimum absolute atomic E-state index is 0.344. The third kappa shape index (κ3) is 5.35. The monoisotopic (exact) mass is 702 g/mol. The van der Waals surface area contributed by atoms with Gasteiger partial charge in [-0.15, -0.1) is 0 Å². The highest BCUT2D eigenvalue weighted by Crippen LogP contribution is 2.50. The molecule has 7 aromatic carbocycles. The number of aromatic nitrogens is 2. The summed E-state index contributed by atoms with van der Waals surface area (Å²) < 4.78 is 6.53. The van der Waals surface area contributed by atoms with Gasteiger partial charge in [-0.25, -0.2) is 9.97 Å². The molecule has 55 heavy (non-hydrogen) atoms. The number of hydrogen-bond acceptors (Lipinski definition) is 3. The summed E-state index contributed by atoms with van der Waals surface area (Å²) in [5.74, 6) is 1.01. The average molecular weight is 703 g/mol. The first-order chi connectivity index (χ1) is 27.2. The van der Waals surface area contributed by atoms with Gasteiger partial charge >= 0.3 is 0 Å². The van der Waals surface area contributed by atoms with Crippen molar-refractivity contribution < 1.29 is 4.42 Å². The third-order valence-electron chi connectivity index (χ3n) is 11.2. The summed E-state index contributed by atoms with van der Waals surface area (Å²) >= 11 is 0. The predicted molar refractivity (Wildman–Crippen MR) is 226 cm³/mol. The fraction of sp³-hybridized carbons (Fsp3) is 0.0385. The van der Waals surface area contributed by atoms with E-state index < -0.39 is 0 Å². The Bertz CT molecular complexity index is 3010. The Balaban J connectivity index is 1.07. The van der Waals surface area contributed by atoms with Crippen molar-refractivity contribution in [1.82, 2.24) is 9.97 Å². The Labute approximate surface area is 319 Å². The second-order valence-corrected chi connectivity index (χ2v) is 14.5. The molecule has 1 unspecified atom stereocenters. The Morgan fingerprint density at radius 1 is 0.455 bits per heavy atom. The van der Waals surface area contributed by atoms with Gasteiger partial charge in [0.2, 0.25) is 0 Å². The Hall–Kier alpha value is -7.10. The molecule has 0 radical (unpaired) electrons. The molecule has 0 spiro atoms. The summed E-state index contributed by atoms with van der Waals surface area (Å²) in [6.45, 7) is 0. The quantitative estimate of drug-likeness (QED) is 0.179. The van der Waals surface area contributed by atoms with Crippen LogP contribution in [-0.4, -0.2) is 9.97 Å². The Morgan fingerprint density at radius 2 is 1.11 bits per heavy atom. The van der Waals surface area contributed by atoms with Gasteiger partial charge in [0.25, 0.3) is 0 Å². The summed E-state index contributed by atoms with van der Waals surface area (Å²) in [5, 5.41) is 2.07. The van der Waals surface area contributed by atoms with Crippen LogP contribution in [0.5, 0.6) is 0 Å². The lowest BCUT2D eigenvalue weighted by Crippen LogP contribution is -2.11. The van der Waals surface area contributed by atoms with Crippen LogP contribution in [0.4, 0.5) is 0 Å². The highest BCUT2D eigenvalue weighted by molar-refractivity contribution is 6.13. The molecule has 9 aromatic rings. The van der Waals surface area contributed by atoms with Gasteiger partial charge in [0.05, 0.1) is 11.4 Å². The number of allylic oxidation sites excluding steroid dienone is 4. The summed E-state index contributed by atoms with van der Waals surface area (Å²) in [5.41, 5.74) is 17.9. The summed E-state index contributed by atoms with van der Waals surface area (Å²) in [6, 6.07) is 60.2. The lowest BCUT2D eigenvalue weighted by Gasteiger charge is -2.32. The van der Waals surface area contributed by atoms with Crippen molar-refractivity contribution in [2.24, 2.45) is 0 Å². The third-order valence-corrected chi connectivity index (χ3v) is 11.2. The molecule has 0 N–H and O–H groups in total. The summed E-state index contributed by atoms with van der Waals surface area (Å²) in [4.78, 5) is 10.5. The van der Waals surface area contributed by atoms with Crippen LogP contribution in [0.15, 0.2) is 193 Å². The second-order valence-electron chi connectivity index (χ2n) is 14.5. The fourth-order valence-electron chi connectivity index (χ4n) is 8.60. The van der Waals surface area contributed by atoms with Gasteiger partial charge in [-0.1, -0.05) is 152 Å². The fourth-order valence-corrected chi connectivity index (χ4v) is 8.60. The van der Waals surface area contributed by atoms with Crippen LogP contribution in [0.1, 0.15) is 23.5 Å². The first-order valence-electron chi connectivity index (χ1n) is 18.9. The van der Waals surface area contributed by atoms with Gasteiger partial charge in [0.15, 0.2) is 5.82 Å². The maximum Gasteiger partial charge on any atom is 0.161 e. The molecule has 0 fully saturated rings. The molecule has 258 valence electrons. The van der Waals surface area contributed by atoms with Crippen LogP contribution in [0.3, 0.4) is 0 Å².